The second-order valence-electron chi connectivity index (χ2n) is 4.59. The maximum atomic E-state index is 12.5. The Bertz CT molecular complexity index is 820. The first-order valence-corrected chi connectivity index (χ1v) is 8.15. The smallest absolute Gasteiger partial charge is 0.268 e. The average Bonchev–Trinajstić information content (AvgIpc) is 2.84. The summed E-state index contributed by atoms with van der Waals surface area (Å²) in [7, 11) is 0. The zero-order chi connectivity index (χ0) is 16.4. The lowest BCUT2D eigenvalue weighted by molar-refractivity contribution is -0.120. The van der Waals surface area contributed by atoms with Crippen LogP contribution >= 0.6 is 35.6 Å². The maximum absolute atomic E-state index is 12.5. The summed E-state index contributed by atoms with van der Waals surface area (Å²) in [4.78, 5) is 30.2. The molecule has 2 heterocycles. The van der Waals surface area contributed by atoms with E-state index in [1.54, 1.807) is 48.5 Å². The van der Waals surface area contributed by atoms with Crippen LogP contribution in [0.5, 0.6) is 0 Å². The average molecular weight is 361 g/mol. The molecule has 0 saturated carbocycles. The third-order valence-electron chi connectivity index (χ3n) is 3.05. The van der Waals surface area contributed by atoms with Gasteiger partial charge >= 0.3 is 0 Å². The predicted octanol–water partition coefficient (Wildman–Crippen LogP) is 3.78. The molecule has 1 saturated heterocycles. The molecule has 0 unspecified atom stereocenters. The predicted molar refractivity (Wildman–Crippen MR) is 95.0 cm³/mol. The van der Waals surface area contributed by atoms with E-state index in [9.17, 15) is 9.59 Å². The van der Waals surface area contributed by atoms with Crippen LogP contribution in [0.3, 0.4) is 0 Å². The van der Waals surface area contributed by atoms with Crippen molar-refractivity contribution in [3.05, 3.63) is 69.8 Å². The zero-order valence-corrected chi connectivity index (χ0v) is 14.0. The second kappa shape index (κ2) is 6.62. The van der Waals surface area contributed by atoms with Crippen LogP contribution in [0.2, 0.25) is 5.02 Å². The van der Waals surface area contributed by atoms with Gasteiger partial charge in [0.25, 0.3) is 11.8 Å². The summed E-state index contributed by atoms with van der Waals surface area (Å²) in [6.45, 7) is 0. The van der Waals surface area contributed by atoms with Crippen LogP contribution in [0, 0.1) is 0 Å². The molecule has 7 heteroatoms. The molecular weight excluding hydrogens is 352 g/mol. The molecule has 0 spiro atoms. The van der Waals surface area contributed by atoms with Crippen molar-refractivity contribution in [1.29, 1.82) is 0 Å². The summed E-state index contributed by atoms with van der Waals surface area (Å²) in [6, 6.07) is 12.0. The highest BCUT2D eigenvalue weighted by Gasteiger charge is 2.37. The van der Waals surface area contributed by atoms with Crippen LogP contribution in [0.1, 0.15) is 16.1 Å². The molecule has 1 aromatic carbocycles. The lowest BCUT2D eigenvalue weighted by Gasteiger charge is -2.11. The van der Waals surface area contributed by atoms with Crippen LogP contribution in [0.15, 0.2) is 53.6 Å². The highest BCUT2D eigenvalue weighted by atomic mass is 35.5. The third-order valence-corrected chi connectivity index (χ3v) is 4.60. The quantitative estimate of drug-likeness (QED) is 0.463. The Morgan fingerprint density at radius 2 is 1.96 bits per heavy atom. The van der Waals surface area contributed by atoms with Gasteiger partial charge in [-0.3, -0.25) is 14.6 Å². The molecular formula is C16H9ClN2O2S2. The summed E-state index contributed by atoms with van der Waals surface area (Å²) in [5.74, 6) is -0.960. The molecule has 23 heavy (non-hydrogen) atoms. The number of pyridine rings is 1. The summed E-state index contributed by atoms with van der Waals surface area (Å²) in [5, 5.41) is 0.611. The van der Waals surface area contributed by atoms with Crippen LogP contribution in [-0.4, -0.2) is 26.0 Å². The van der Waals surface area contributed by atoms with E-state index in [2.05, 4.69) is 4.98 Å². The van der Waals surface area contributed by atoms with Crippen molar-refractivity contribution in [2.24, 2.45) is 0 Å². The summed E-state index contributed by atoms with van der Waals surface area (Å²) in [6.07, 6.45) is 3.18. The molecule has 1 aromatic heterocycles. The van der Waals surface area contributed by atoms with Crippen molar-refractivity contribution >= 4 is 57.8 Å². The summed E-state index contributed by atoms with van der Waals surface area (Å²) < 4.78 is 0.200. The fourth-order valence-corrected chi connectivity index (χ4v) is 3.34. The number of rotatable bonds is 2. The molecule has 2 amide bonds. The number of carbonyl (C=O) groups excluding carboxylic acids is 2. The molecule has 114 valence electrons. The lowest BCUT2D eigenvalue weighted by atomic mass is 10.2. The molecule has 2 aromatic rings. The number of thioether (sulfide) groups is 1. The molecule has 1 aliphatic rings. The van der Waals surface area contributed by atoms with E-state index in [0.717, 1.165) is 22.2 Å². The number of halogens is 1. The molecule has 1 aliphatic heterocycles. The largest absolute Gasteiger partial charge is 0.285 e. The minimum Gasteiger partial charge on any atom is -0.268 e. The van der Waals surface area contributed by atoms with Crippen molar-refractivity contribution in [3.63, 3.8) is 0 Å². The normalized spacial score (nSPS) is 16.2. The minimum absolute atomic E-state index is 0.177. The van der Waals surface area contributed by atoms with Crippen LogP contribution in [0.4, 0.5) is 0 Å². The van der Waals surface area contributed by atoms with E-state index in [1.165, 1.54) is 6.20 Å². The molecule has 0 N–H and O–H groups in total. The van der Waals surface area contributed by atoms with Gasteiger partial charge in [0.2, 0.25) is 0 Å². The highest BCUT2D eigenvalue weighted by molar-refractivity contribution is 8.26. The lowest BCUT2D eigenvalue weighted by Crippen LogP contribution is -2.35. The zero-order valence-electron chi connectivity index (χ0n) is 11.6. The summed E-state index contributed by atoms with van der Waals surface area (Å²) in [5.41, 5.74) is 0.983. The van der Waals surface area contributed by atoms with Crippen molar-refractivity contribution in [2.75, 3.05) is 0 Å². The van der Waals surface area contributed by atoms with E-state index in [4.69, 9.17) is 23.8 Å². The number of benzene rings is 1. The summed E-state index contributed by atoms with van der Waals surface area (Å²) >= 11 is 12.1. The third kappa shape index (κ3) is 3.34. The van der Waals surface area contributed by atoms with E-state index in [1.807, 2.05) is 0 Å². The van der Waals surface area contributed by atoms with Crippen molar-refractivity contribution in [1.82, 2.24) is 9.88 Å². The number of aromatic nitrogens is 1. The van der Waals surface area contributed by atoms with E-state index < -0.39 is 11.8 Å². The molecule has 1 fully saturated rings. The maximum Gasteiger partial charge on any atom is 0.285 e. The van der Waals surface area contributed by atoms with E-state index in [-0.39, 0.29) is 10.0 Å². The topological polar surface area (TPSA) is 50.3 Å². The first-order chi connectivity index (χ1) is 11.1. The fraction of sp³-hybridized carbons (Fsp3) is 0. The van der Waals surface area contributed by atoms with Gasteiger partial charge in [-0.05, 0) is 35.9 Å². The van der Waals surface area contributed by atoms with Crippen LogP contribution in [-0.2, 0) is 4.79 Å². The molecule has 0 bridgehead atoms. The minimum atomic E-state index is -0.521. The van der Waals surface area contributed by atoms with Crippen LogP contribution in [0.25, 0.3) is 6.08 Å². The Morgan fingerprint density at radius 1 is 1.22 bits per heavy atom. The van der Waals surface area contributed by atoms with E-state index >= 15 is 0 Å². The Kier molecular flexibility index (Phi) is 4.56. The van der Waals surface area contributed by atoms with Gasteiger partial charge in [0.05, 0.1) is 4.91 Å². The van der Waals surface area contributed by atoms with Crippen molar-refractivity contribution in [2.45, 2.75) is 0 Å². The van der Waals surface area contributed by atoms with Crippen molar-refractivity contribution in [3.8, 4) is 0 Å². The van der Waals surface area contributed by atoms with Gasteiger partial charge in [-0.25, -0.2) is 4.90 Å². The van der Waals surface area contributed by atoms with Gasteiger partial charge in [0.1, 0.15) is 5.69 Å². The monoisotopic (exact) mass is 360 g/mol. The fourth-order valence-electron chi connectivity index (χ4n) is 1.96. The molecule has 3 rings (SSSR count). The number of imide groups is 1. The second-order valence-corrected chi connectivity index (χ2v) is 6.70. The molecule has 0 aliphatic carbocycles. The highest BCUT2D eigenvalue weighted by Crippen LogP contribution is 2.33. The number of amides is 2. The number of carbonyl (C=O) groups is 2. The Balaban J connectivity index is 1.88. The Labute approximate surface area is 147 Å². The van der Waals surface area contributed by atoms with Gasteiger partial charge in [-0.2, -0.15) is 0 Å². The van der Waals surface area contributed by atoms with Crippen molar-refractivity contribution < 1.29 is 9.59 Å². The van der Waals surface area contributed by atoms with Gasteiger partial charge in [0.15, 0.2) is 4.32 Å². The number of hydrogen-bond acceptors (Lipinski definition) is 5. The Morgan fingerprint density at radius 3 is 2.61 bits per heavy atom. The number of nitrogens with zero attached hydrogens (tertiary/aromatic N) is 2. The Hall–Kier alpha value is -2.02. The van der Waals surface area contributed by atoms with Gasteiger partial charge in [0, 0.05) is 11.2 Å². The number of thiocarbonyl (C=S) groups is 1. The standard InChI is InChI=1S/C16H9ClN2O2S2/c17-11-6-4-10(5-7-11)9-13-15(21)19(16(22)23-13)14(20)12-3-1-2-8-18-12/h1-9H. The molecule has 0 atom stereocenters. The SMILES string of the molecule is O=C1C(=Cc2ccc(Cl)cc2)SC(=S)N1C(=O)c1ccccn1. The van der Waals surface area contributed by atoms with Gasteiger partial charge in [-0.1, -0.05) is 53.8 Å². The first kappa shape index (κ1) is 15.9. The van der Waals surface area contributed by atoms with Crippen LogP contribution < -0.4 is 0 Å². The number of hydrogen-bond donors (Lipinski definition) is 0. The van der Waals surface area contributed by atoms with E-state index in [0.29, 0.717) is 9.93 Å². The molecule has 4 nitrogen and oxygen atoms in total. The van der Waals surface area contributed by atoms with Gasteiger partial charge < -0.3 is 0 Å². The van der Waals surface area contributed by atoms with Gasteiger partial charge in [-0.15, -0.1) is 0 Å². The molecule has 0 radical (unpaired) electrons. The first-order valence-electron chi connectivity index (χ1n) is 6.55.